The smallest absolute Gasteiger partial charge is 0.348 e. The first kappa shape index (κ1) is 16.5. The van der Waals surface area contributed by atoms with Crippen molar-refractivity contribution in [3.8, 4) is 5.75 Å². The number of hydrogen-bond donors (Lipinski definition) is 1. The van der Waals surface area contributed by atoms with Crippen molar-refractivity contribution in [1.29, 1.82) is 0 Å². The number of thiazole rings is 1. The van der Waals surface area contributed by atoms with E-state index in [4.69, 9.17) is 16.3 Å². The normalized spacial score (nSPS) is 11.7. The number of amides is 2. The topological polar surface area (TPSA) is 55.6 Å². The third-order valence-corrected chi connectivity index (χ3v) is 4.69. The number of benzene rings is 2. The molecule has 3 aromatic rings. The molecule has 0 aliphatic rings. The Morgan fingerprint density at radius 2 is 2.17 bits per heavy atom. The highest BCUT2D eigenvalue weighted by Crippen LogP contribution is 2.22. The molecule has 1 heterocycles. The minimum Gasteiger partial charge on any atom is -0.494 e. The second-order valence-electron chi connectivity index (χ2n) is 5.06. The fourth-order valence-electron chi connectivity index (χ4n) is 2.28. The van der Waals surface area contributed by atoms with Crippen molar-refractivity contribution in [2.24, 2.45) is 12.0 Å². The van der Waals surface area contributed by atoms with E-state index in [1.807, 2.05) is 36.7 Å². The Labute approximate surface area is 148 Å². The van der Waals surface area contributed by atoms with Crippen LogP contribution in [-0.4, -0.2) is 17.2 Å². The molecule has 0 saturated carbocycles. The molecule has 0 bridgehead atoms. The lowest BCUT2D eigenvalue weighted by Crippen LogP contribution is -2.16. The van der Waals surface area contributed by atoms with E-state index in [-0.39, 0.29) is 0 Å². The predicted octanol–water partition coefficient (Wildman–Crippen LogP) is 4.42. The number of nitrogens with one attached hydrogen (secondary N) is 1. The Hall–Kier alpha value is -2.31. The number of hydrogen-bond acceptors (Lipinski definition) is 3. The Morgan fingerprint density at radius 1 is 1.33 bits per heavy atom. The monoisotopic (exact) mass is 361 g/mol. The van der Waals surface area contributed by atoms with Crippen LogP contribution in [0.5, 0.6) is 5.75 Å². The summed E-state index contributed by atoms with van der Waals surface area (Å²) >= 11 is 7.35. The zero-order valence-electron chi connectivity index (χ0n) is 13.2. The maximum absolute atomic E-state index is 12.1. The van der Waals surface area contributed by atoms with E-state index in [0.717, 1.165) is 16.0 Å². The molecule has 2 amide bonds. The molecule has 0 aliphatic carbocycles. The molecule has 0 radical (unpaired) electrons. The number of halogens is 1. The molecule has 0 aliphatic heterocycles. The highest BCUT2D eigenvalue weighted by Gasteiger charge is 2.07. The van der Waals surface area contributed by atoms with Crippen LogP contribution in [0.2, 0.25) is 5.02 Å². The Bertz CT molecular complexity index is 962. The second kappa shape index (κ2) is 7.07. The molecule has 2 aromatic carbocycles. The van der Waals surface area contributed by atoms with E-state index >= 15 is 0 Å². The number of rotatable bonds is 3. The first-order valence-corrected chi connectivity index (χ1v) is 8.60. The van der Waals surface area contributed by atoms with E-state index in [9.17, 15) is 4.79 Å². The molecule has 0 unspecified atom stereocenters. The van der Waals surface area contributed by atoms with Gasteiger partial charge in [0, 0.05) is 17.8 Å². The van der Waals surface area contributed by atoms with Crippen molar-refractivity contribution in [1.82, 2.24) is 4.57 Å². The molecule has 0 fully saturated rings. The van der Waals surface area contributed by atoms with Gasteiger partial charge < -0.3 is 14.6 Å². The van der Waals surface area contributed by atoms with E-state index in [1.165, 1.54) is 11.3 Å². The van der Waals surface area contributed by atoms with Crippen molar-refractivity contribution in [2.45, 2.75) is 6.92 Å². The summed E-state index contributed by atoms with van der Waals surface area (Å²) in [6.07, 6.45) is 0. The van der Waals surface area contributed by atoms with Crippen molar-refractivity contribution in [3.63, 3.8) is 0 Å². The van der Waals surface area contributed by atoms with Crippen molar-refractivity contribution in [2.75, 3.05) is 11.9 Å². The number of aryl methyl sites for hydroxylation is 1. The summed E-state index contributed by atoms with van der Waals surface area (Å²) in [4.78, 5) is 16.9. The van der Waals surface area contributed by atoms with Gasteiger partial charge in [0.1, 0.15) is 5.75 Å². The molecule has 5 nitrogen and oxygen atoms in total. The van der Waals surface area contributed by atoms with Crippen LogP contribution in [-0.2, 0) is 7.05 Å². The summed E-state index contributed by atoms with van der Waals surface area (Å²) in [7, 11) is 1.88. The lowest BCUT2D eigenvalue weighted by Gasteiger charge is -2.02. The standard InChI is InChI=1S/C17H16ClN3O2S/c1-3-23-13-7-8-14-15(10-13)24-17(21(14)2)20-16(22)19-12-6-4-5-11(18)9-12/h4-10H,3H2,1-2H3,(H,19,22). The highest BCUT2D eigenvalue weighted by atomic mass is 35.5. The second-order valence-corrected chi connectivity index (χ2v) is 6.50. The van der Waals surface area contributed by atoms with Crippen LogP contribution in [0, 0.1) is 0 Å². The molecule has 3 rings (SSSR count). The van der Waals surface area contributed by atoms with Crippen molar-refractivity contribution in [3.05, 3.63) is 52.3 Å². The molecular weight excluding hydrogens is 346 g/mol. The summed E-state index contributed by atoms with van der Waals surface area (Å²) in [6, 6.07) is 12.3. The molecule has 1 N–H and O–H groups in total. The van der Waals surface area contributed by atoms with E-state index in [0.29, 0.717) is 22.1 Å². The van der Waals surface area contributed by atoms with Crippen molar-refractivity contribution >= 4 is 44.9 Å². The number of anilines is 1. The van der Waals surface area contributed by atoms with Crippen LogP contribution in [0.3, 0.4) is 0 Å². The van der Waals surface area contributed by atoms with Gasteiger partial charge in [-0.05, 0) is 43.3 Å². The molecule has 0 saturated heterocycles. The van der Waals surface area contributed by atoms with Gasteiger partial charge in [0.05, 0.1) is 16.8 Å². The largest absolute Gasteiger partial charge is 0.494 e. The third kappa shape index (κ3) is 3.60. The van der Waals surface area contributed by atoms with Gasteiger partial charge in [-0.2, -0.15) is 4.99 Å². The zero-order valence-corrected chi connectivity index (χ0v) is 14.8. The zero-order chi connectivity index (χ0) is 17.1. The fraction of sp³-hybridized carbons (Fsp3) is 0.176. The molecule has 0 atom stereocenters. The summed E-state index contributed by atoms with van der Waals surface area (Å²) in [5, 5.41) is 3.27. The number of urea groups is 1. The predicted molar refractivity (Wildman–Crippen MR) is 98.0 cm³/mol. The van der Waals surface area contributed by atoms with Gasteiger partial charge in [-0.3, -0.25) is 0 Å². The van der Waals surface area contributed by atoms with Gasteiger partial charge >= 0.3 is 6.03 Å². The maximum Gasteiger partial charge on any atom is 0.348 e. The molecule has 124 valence electrons. The molecule has 1 aromatic heterocycles. The lowest BCUT2D eigenvalue weighted by atomic mass is 10.3. The first-order chi connectivity index (χ1) is 11.6. The quantitative estimate of drug-likeness (QED) is 0.750. The highest BCUT2D eigenvalue weighted by molar-refractivity contribution is 7.16. The van der Waals surface area contributed by atoms with Gasteiger partial charge in [0.15, 0.2) is 4.80 Å². The molecular formula is C17H16ClN3O2S. The van der Waals surface area contributed by atoms with Crippen LogP contribution < -0.4 is 14.9 Å². The number of ether oxygens (including phenoxy) is 1. The van der Waals surface area contributed by atoms with Crippen LogP contribution in [0.1, 0.15) is 6.92 Å². The lowest BCUT2D eigenvalue weighted by molar-refractivity contribution is 0.259. The van der Waals surface area contributed by atoms with Crippen LogP contribution in [0.15, 0.2) is 47.5 Å². The van der Waals surface area contributed by atoms with E-state index < -0.39 is 6.03 Å². The van der Waals surface area contributed by atoms with Crippen molar-refractivity contribution < 1.29 is 9.53 Å². The van der Waals surface area contributed by atoms with E-state index in [2.05, 4.69) is 10.3 Å². The van der Waals surface area contributed by atoms with Gasteiger partial charge in [0.2, 0.25) is 0 Å². The van der Waals surface area contributed by atoms with Crippen LogP contribution in [0.4, 0.5) is 10.5 Å². The number of carbonyl (C=O) groups excluding carboxylic acids is 1. The summed E-state index contributed by atoms with van der Waals surface area (Å²) < 4.78 is 8.40. The van der Waals surface area contributed by atoms with Gasteiger partial charge in [0.25, 0.3) is 0 Å². The first-order valence-electron chi connectivity index (χ1n) is 7.40. The Morgan fingerprint density at radius 3 is 2.92 bits per heavy atom. The molecule has 0 spiro atoms. The minimum atomic E-state index is -0.440. The summed E-state index contributed by atoms with van der Waals surface area (Å²) in [5.41, 5.74) is 1.61. The van der Waals surface area contributed by atoms with Crippen LogP contribution >= 0.6 is 22.9 Å². The van der Waals surface area contributed by atoms with Crippen LogP contribution in [0.25, 0.3) is 10.2 Å². The van der Waals surface area contributed by atoms with Gasteiger partial charge in [-0.15, -0.1) is 0 Å². The van der Waals surface area contributed by atoms with E-state index in [1.54, 1.807) is 24.3 Å². The molecule has 24 heavy (non-hydrogen) atoms. The average Bonchev–Trinajstić information content (AvgIpc) is 2.83. The minimum absolute atomic E-state index is 0.440. The third-order valence-electron chi connectivity index (χ3n) is 3.36. The SMILES string of the molecule is CCOc1ccc2c(c1)sc(=NC(=O)Nc1cccc(Cl)c1)n2C. The Balaban J connectivity index is 1.91. The summed E-state index contributed by atoms with van der Waals surface area (Å²) in [6.45, 7) is 2.56. The maximum atomic E-state index is 12.1. The average molecular weight is 362 g/mol. The summed E-state index contributed by atoms with van der Waals surface area (Å²) in [5.74, 6) is 0.807. The fourth-order valence-corrected chi connectivity index (χ4v) is 3.52. The van der Waals surface area contributed by atoms with Gasteiger partial charge in [-0.25, -0.2) is 4.79 Å². The Kier molecular flexibility index (Phi) is 4.87. The number of nitrogens with zero attached hydrogens (tertiary/aromatic N) is 2. The number of fused-ring (bicyclic) bond motifs is 1. The molecule has 7 heteroatoms. The number of carbonyl (C=O) groups is 1. The van der Waals surface area contributed by atoms with Gasteiger partial charge in [-0.1, -0.05) is 29.0 Å². The number of aromatic nitrogens is 1.